The second-order valence-corrected chi connectivity index (χ2v) is 6.87. The van der Waals surface area contributed by atoms with Crippen molar-refractivity contribution in [2.24, 2.45) is 4.99 Å². The second-order valence-electron chi connectivity index (χ2n) is 5.58. The SMILES string of the molecule is CCNC(=O)c1cccc(CNC(=NC)NCc2sc(C)nc2C)c1. The highest BCUT2D eigenvalue weighted by molar-refractivity contribution is 7.11. The van der Waals surface area contributed by atoms with E-state index in [1.165, 1.54) is 4.88 Å². The summed E-state index contributed by atoms with van der Waals surface area (Å²) in [7, 11) is 1.74. The van der Waals surface area contributed by atoms with Crippen molar-refractivity contribution in [1.82, 2.24) is 20.9 Å². The lowest BCUT2D eigenvalue weighted by molar-refractivity contribution is 0.0955. The molecule has 25 heavy (non-hydrogen) atoms. The number of carbonyl (C=O) groups excluding carboxylic acids is 1. The highest BCUT2D eigenvalue weighted by Crippen LogP contribution is 2.16. The van der Waals surface area contributed by atoms with Crippen LogP contribution in [0.5, 0.6) is 0 Å². The molecule has 0 saturated carbocycles. The Bertz CT molecular complexity index is 754. The average Bonchev–Trinajstić information content (AvgIpc) is 2.93. The van der Waals surface area contributed by atoms with E-state index in [0.29, 0.717) is 31.2 Å². The Hall–Kier alpha value is -2.41. The van der Waals surface area contributed by atoms with Gasteiger partial charge in [-0.25, -0.2) is 4.98 Å². The summed E-state index contributed by atoms with van der Waals surface area (Å²) in [5, 5.41) is 10.4. The van der Waals surface area contributed by atoms with Crippen molar-refractivity contribution in [3.63, 3.8) is 0 Å². The monoisotopic (exact) mass is 359 g/mol. The Labute approximate surface area is 152 Å². The number of nitrogens with one attached hydrogen (secondary N) is 3. The van der Waals surface area contributed by atoms with Gasteiger partial charge >= 0.3 is 0 Å². The number of nitrogens with zero attached hydrogens (tertiary/aromatic N) is 2. The van der Waals surface area contributed by atoms with Gasteiger partial charge in [0.25, 0.3) is 5.91 Å². The van der Waals surface area contributed by atoms with Crippen LogP contribution in [0.2, 0.25) is 0 Å². The van der Waals surface area contributed by atoms with Gasteiger partial charge in [0.2, 0.25) is 0 Å². The molecule has 0 fully saturated rings. The van der Waals surface area contributed by atoms with Gasteiger partial charge in [-0.3, -0.25) is 9.79 Å². The van der Waals surface area contributed by atoms with Crippen molar-refractivity contribution < 1.29 is 4.79 Å². The third kappa shape index (κ3) is 5.56. The largest absolute Gasteiger partial charge is 0.352 e. The predicted octanol–water partition coefficient (Wildman–Crippen LogP) is 2.37. The van der Waals surface area contributed by atoms with Gasteiger partial charge in [0.1, 0.15) is 0 Å². The molecule has 2 rings (SSSR count). The summed E-state index contributed by atoms with van der Waals surface area (Å²) in [4.78, 5) is 21.8. The Morgan fingerprint density at radius 2 is 1.96 bits per heavy atom. The van der Waals surface area contributed by atoms with Crippen LogP contribution in [0.25, 0.3) is 0 Å². The second kappa shape index (κ2) is 9.17. The van der Waals surface area contributed by atoms with Crippen LogP contribution < -0.4 is 16.0 Å². The van der Waals surface area contributed by atoms with Gasteiger partial charge in [-0.1, -0.05) is 12.1 Å². The van der Waals surface area contributed by atoms with Crippen LogP contribution in [0.4, 0.5) is 0 Å². The lowest BCUT2D eigenvalue weighted by atomic mass is 10.1. The standard InChI is InChI=1S/C18H25N5OS/c1-5-20-17(24)15-8-6-7-14(9-15)10-21-18(19-4)22-11-16-12(2)23-13(3)25-16/h6-9H,5,10-11H2,1-4H3,(H,20,24)(H2,19,21,22). The fourth-order valence-electron chi connectivity index (χ4n) is 2.39. The number of thiazole rings is 1. The smallest absolute Gasteiger partial charge is 0.251 e. The maximum Gasteiger partial charge on any atom is 0.251 e. The fourth-order valence-corrected chi connectivity index (χ4v) is 3.27. The first-order valence-electron chi connectivity index (χ1n) is 8.28. The molecule has 0 aliphatic heterocycles. The molecule has 3 N–H and O–H groups in total. The van der Waals surface area contributed by atoms with Crippen LogP contribution in [-0.2, 0) is 13.1 Å². The first kappa shape index (κ1) is 18.9. The van der Waals surface area contributed by atoms with Gasteiger partial charge in [-0.15, -0.1) is 11.3 Å². The van der Waals surface area contributed by atoms with E-state index in [4.69, 9.17) is 0 Å². The molecule has 0 bridgehead atoms. The van der Waals surface area contributed by atoms with E-state index in [9.17, 15) is 4.79 Å². The molecule has 2 aromatic rings. The molecule has 0 saturated heterocycles. The van der Waals surface area contributed by atoms with Gasteiger partial charge in [0.15, 0.2) is 5.96 Å². The van der Waals surface area contributed by atoms with Gasteiger partial charge in [-0.2, -0.15) is 0 Å². The number of aromatic nitrogens is 1. The molecule has 0 atom stereocenters. The molecule has 134 valence electrons. The molecular formula is C18H25N5OS. The Morgan fingerprint density at radius 1 is 1.20 bits per heavy atom. The summed E-state index contributed by atoms with van der Waals surface area (Å²) >= 11 is 1.69. The molecular weight excluding hydrogens is 334 g/mol. The molecule has 0 aliphatic rings. The summed E-state index contributed by atoms with van der Waals surface area (Å²) in [6, 6.07) is 7.58. The van der Waals surface area contributed by atoms with Crippen LogP contribution in [0, 0.1) is 13.8 Å². The van der Waals surface area contributed by atoms with E-state index >= 15 is 0 Å². The van der Waals surface area contributed by atoms with Crippen LogP contribution in [0.1, 0.15) is 38.4 Å². The van der Waals surface area contributed by atoms with Crippen LogP contribution >= 0.6 is 11.3 Å². The summed E-state index contributed by atoms with van der Waals surface area (Å²) < 4.78 is 0. The van der Waals surface area contributed by atoms with Gasteiger partial charge in [0, 0.05) is 30.6 Å². The van der Waals surface area contributed by atoms with E-state index in [0.717, 1.165) is 16.3 Å². The number of benzene rings is 1. The zero-order chi connectivity index (χ0) is 18.2. The molecule has 0 unspecified atom stereocenters. The van der Waals surface area contributed by atoms with Gasteiger partial charge in [-0.05, 0) is 38.5 Å². The van der Waals surface area contributed by atoms with Gasteiger partial charge < -0.3 is 16.0 Å². The van der Waals surface area contributed by atoms with Crippen molar-refractivity contribution in [2.45, 2.75) is 33.9 Å². The number of carbonyl (C=O) groups is 1. The highest BCUT2D eigenvalue weighted by atomic mass is 32.1. The van der Waals surface area contributed by atoms with Gasteiger partial charge in [0.05, 0.1) is 17.2 Å². The summed E-state index contributed by atoms with van der Waals surface area (Å²) in [5.74, 6) is 0.664. The molecule has 1 heterocycles. The van der Waals surface area contributed by atoms with Crippen LogP contribution in [0.3, 0.4) is 0 Å². The topological polar surface area (TPSA) is 78.4 Å². The van der Waals surface area contributed by atoms with E-state index in [1.54, 1.807) is 18.4 Å². The zero-order valence-corrected chi connectivity index (χ0v) is 16.0. The van der Waals surface area contributed by atoms with Crippen molar-refractivity contribution in [3.8, 4) is 0 Å². The molecule has 0 spiro atoms. The minimum Gasteiger partial charge on any atom is -0.352 e. The third-order valence-corrected chi connectivity index (χ3v) is 4.70. The van der Waals surface area contributed by atoms with E-state index in [2.05, 4.69) is 25.9 Å². The lowest BCUT2D eigenvalue weighted by Gasteiger charge is -2.12. The first-order chi connectivity index (χ1) is 12.0. The van der Waals surface area contributed by atoms with Crippen molar-refractivity contribution >= 4 is 23.2 Å². The number of aliphatic imine (C=N–C) groups is 1. The quantitative estimate of drug-likeness (QED) is 0.547. The third-order valence-electron chi connectivity index (χ3n) is 3.63. The normalized spacial score (nSPS) is 11.3. The molecule has 1 amide bonds. The van der Waals surface area contributed by atoms with E-state index in [1.807, 2.05) is 45.0 Å². The Morgan fingerprint density at radius 3 is 2.60 bits per heavy atom. The molecule has 0 radical (unpaired) electrons. The fraction of sp³-hybridized carbons (Fsp3) is 0.389. The van der Waals surface area contributed by atoms with Crippen molar-refractivity contribution in [3.05, 3.63) is 51.0 Å². The predicted molar refractivity (Wildman–Crippen MR) is 103 cm³/mol. The van der Waals surface area contributed by atoms with E-state index < -0.39 is 0 Å². The molecule has 1 aromatic heterocycles. The number of aryl methyl sites for hydroxylation is 2. The summed E-state index contributed by atoms with van der Waals surface area (Å²) in [5.41, 5.74) is 2.75. The van der Waals surface area contributed by atoms with Crippen LogP contribution in [0.15, 0.2) is 29.3 Å². The minimum atomic E-state index is -0.0529. The average molecular weight is 359 g/mol. The lowest BCUT2D eigenvalue weighted by Crippen LogP contribution is -2.36. The van der Waals surface area contributed by atoms with Crippen molar-refractivity contribution in [1.29, 1.82) is 0 Å². The molecule has 0 aliphatic carbocycles. The maximum absolute atomic E-state index is 11.9. The zero-order valence-electron chi connectivity index (χ0n) is 15.1. The van der Waals surface area contributed by atoms with E-state index in [-0.39, 0.29) is 5.91 Å². The first-order valence-corrected chi connectivity index (χ1v) is 9.09. The summed E-state index contributed by atoms with van der Waals surface area (Å²) in [6.45, 7) is 7.84. The summed E-state index contributed by atoms with van der Waals surface area (Å²) in [6.07, 6.45) is 0. The number of hydrogen-bond donors (Lipinski definition) is 3. The maximum atomic E-state index is 11.9. The molecule has 6 nitrogen and oxygen atoms in total. The molecule has 1 aromatic carbocycles. The van der Waals surface area contributed by atoms with Crippen molar-refractivity contribution in [2.75, 3.05) is 13.6 Å². The Kier molecular flexibility index (Phi) is 6.94. The molecule has 7 heteroatoms. The Balaban J connectivity index is 1.91. The minimum absolute atomic E-state index is 0.0529. The van der Waals surface area contributed by atoms with Crippen LogP contribution in [-0.4, -0.2) is 30.4 Å². The number of rotatable bonds is 6. The number of hydrogen-bond acceptors (Lipinski definition) is 4. The number of guanidine groups is 1. The highest BCUT2D eigenvalue weighted by Gasteiger charge is 2.07. The number of amides is 1.